The van der Waals surface area contributed by atoms with Crippen LogP contribution in [0, 0.1) is 11.6 Å². The molecule has 36 heavy (non-hydrogen) atoms. The second-order valence-electron chi connectivity index (χ2n) is 9.46. The van der Waals surface area contributed by atoms with Crippen LogP contribution >= 0.6 is 11.6 Å². The van der Waals surface area contributed by atoms with E-state index >= 15 is 0 Å². The van der Waals surface area contributed by atoms with Gasteiger partial charge in [-0.2, -0.15) is 4.31 Å². The van der Waals surface area contributed by atoms with E-state index in [0.29, 0.717) is 64.0 Å². The number of carbonyl (C=O) groups excluding carboxylic acids is 1. The average molecular weight is 541 g/mol. The molecule has 3 fully saturated rings. The Kier molecular flexibility index (Phi) is 6.97. The lowest BCUT2D eigenvalue weighted by atomic mass is 9.90. The van der Waals surface area contributed by atoms with Crippen molar-refractivity contribution in [1.29, 1.82) is 0 Å². The number of nitrogens with zero attached hydrogens (tertiary/aromatic N) is 2. The molecule has 0 bridgehead atoms. The summed E-state index contributed by atoms with van der Waals surface area (Å²) in [6.07, 6.45) is 2.08. The Bertz CT molecular complexity index is 1250. The summed E-state index contributed by atoms with van der Waals surface area (Å²) < 4.78 is 68.8. The van der Waals surface area contributed by atoms with Crippen LogP contribution in [0.25, 0.3) is 0 Å². The minimum atomic E-state index is -4.29. The molecule has 2 aromatic carbocycles. The first-order valence-corrected chi connectivity index (χ1v) is 13.8. The van der Waals surface area contributed by atoms with E-state index in [1.165, 1.54) is 22.5 Å². The summed E-state index contributed by atoms with van der Waals surface area (Å²) in [6.45, 7) is 1.63. The molecule has 1 aliphatic carbocycles. The number of benzene rings is 2. The molecule has 2 heterocycles. The van der Waals surface area contributed by atoms with E-state index in [2.05, 4.69) is 0 Å². The highest BCUT2D eigenvalue weighted by Crippen LogP contribution is 2.53. The molecule has 0 radical (unpaired) electrons. The molecular weight excluding hydrogens is 514 g/mol. The molecule has 194 valence electrons. The fourth-order valence-electron chi connectivity index (χ4n) is 5.24. The highest BCUT2D eigenvalue weighted by atomic mass is 35.5. The maximum absolute atomic E-state index is 14.2. The third-order valence-corrected chi connectivity index (χ3v) is 9.56. The van der Waals surface area contributed by atoms with Gasteiger partial charge < -0.3 is 14.4 Å². The molecule has 0 unspecified atom stereocenters. The molecule has 0 spiro atoms. The number of sulfonamides is 1. The number of rotatable bonds is 5. The van der Waals surface area contributed by atoms with E-state index in [-0.39, 0.29) is 9.92 Å². The number of hydrogen-bond acceptors (Lipinski definition) is 5. The van der Waals surface area contributed by atoms with Gasteiger partial charge in [-0.15, -0.1) is 0 Å². The van der Waals surface area contributed by atoms with E-state index in [1.54, 1.807) is 11.0 Å². The van der Waals surface area contributed by atoms with E-state index in [9.17, 15) is 22.0 Å². The van der Waals surface area contributed by atoms with Gasteiger partial charge in [-0.25, -0.2) is 22.0 Å². The summed E-state index contributed by atoms with van der Waals surface area (Å²) in [7, 11) is -4.29. The highest BCUT2D eigenvalue weighted by molar-refractivity contribution is 7.89. The van der Waals surface area contributed by atoms with Crippen molar-refractivity contribution < 1.29 is 31.5 Å². The first-order chi connectivity index (χ1) is 17.2. The molecule has 11 heteroatoms. The number of piperidine rings is 1. The molecule has 2 aromatic rings. The van der Waals surface area contributed by atoms with Crippen molar-refractivity contribution in [3.8, 4) is 0 Å². The zero-order valence-corrected chi connectivity index (χ0v) is 21.1. The van der Waals surface area contributed by atoms with Gasteiger partial charge in [0.2, 0.25) is 10.0 Å². The van der Waals surface area contributed by atoms with Gasteiger partial charge in [-0.1, -0.05) is 23.7 Å². The Morgan fingerprint density at radius 3 is 2.44 bits per heavy atom. The number of amides is 1. The minimum absolute atomic E-state index is 0.242. The third-order valence-electron chi connectivity index (χ3n) is 7.16. The lowest BCUT2D eigenvalue weighted by molar-refractivity contribution is -0.0253. The quantitative estimate of drug-likeness (QED) is 0.539. The van der Waals surface area contributed by atoms with Gasteiger partial charge >= 0.3 is 6.09 Å². The van der Waals surface area contributed by atoms with Gasteiger partial charge in [0.25, 0.3) is 0 Å². The van der Waals surface area contributed by atoms with Crippen LogP contribution in [0.1, 0.15) is 43.7 Å². The lowest BCUT2D eigenvalue weighted by Gasteiger charge is -2.45. The zero-order valence-electron chi connectivity index (χ0n) is 19.5. The third kappa shape index (κ3) is 4.83. The molecule has 0 aromatic heterocycles. The number of ether oxygens (including phenoxy) is 2. The molecule has 5 rings (SSSR count). The second-order valence-corrected chi connectivity index (χ2v) is 11.7. The second kappa shape index (κ2) is 9.89. The maximum atomic E-state index is 14.2. The predicted octanol–water partition coefficient (Wildman–Crippen LogP) is 4.90. The molecule has 2 atom stereocenters. The van der Waals surface area contributed by atoms with Crippen molar-refractivity contribution in [2.24, 2.45) is 0 Å². The summed E-state index contributed by atoms with van der Waals surface area (Å²) in [5, 5.41) is -0.243. The van der Waals surface area contributed by atoms with Crippen molar-refractivity contribution in [3.63, 3.8) is 0 Å². The van der Waals surface area contributed by atoms with Crippen LogP contribution in [0.2, 0.25) is 5.02 Å². The Hall–Kier alpha value is -2.27. The fraction of sp³-hybridized carbons (Fsp3) is 0.480. The first-order valence-electron chi connectivity index (χ1n) is 12.0. The van der Waals surface area contributed by atoms with Crippen LogP contribution in [-0.4, -0.2) is 61.7 Å². The van der Waals surface area contributed by atoms with Gasteiger partial charge in [0, 0.05) is 13.1 Å². The number of hydrogen-bond donors (Lipinski definition) is 0. The fourth-order valence-corrected chi connectivity index (χ4v) is 7.67. The molecule has 2 saturated heterocycles. The van der Waals surface area contributed by atoms with Crippen LogP contribution in [0.5, 0.6) is 0 Å². The van der Waals surface area contributed by atoms with Crippen molar-refractivity contribution >= 4 is 27.7 Å². The van der Waals surface area contributed by atoms with Crippen molar-refractivity contribution in [2.75, 3.05) is 26.3 Å². The zero-order chi connectivity index (χ0) is 25.5. The van der Waals surface area contributed by atoms with Gasteiger partial charge in [0.15, 0.2) is 0 Å². The van der Waals surface area contributed by atoms with Crippen LogP contribution in [-0.2, 0) is 19.5 Å². The number of morpholine rings is 1. The summed E-state index contributed by atoms with van der Waals surface area (Å²) in [4.78, 5) is 14.3. The highest BCUT2D eigenvalue weighted by Gasteiger charge is 2.60. The topological polar surface area (TPSA) is 76.2 Å². The standard InChI is InChI=1S/C25H27ClF2N2O5S/c26-20-16-19(28)7-8-22(20)36(32,33)30-21(17-3-1-4-18(27)15-17)5-2-6-23(30)25(9-10-25)35-24(31)29-11-13-34-14-12-29/h1,3-4,7-8,15-16,21,23H,2,5-6,9-14H2/t21-,23+/m0/s1. The lowest BCUT2D eigenvalue weighted by Crippen LogP contribution is -2.54. The summed E-state index contributed by atoms with van der Waals surface area (Å²) in [5.74, 6) is -1.14. The molecule has 1 saturated carbocycles. The smallest absolute Gasteiger partial charge is 0.410 e. The Morgan fingerprint density at radius 1 is 1.06 bits per heavy atom. The Labute approximate surface area is 214 Å². The van der Waals surface area contributed by atoms with Crippen LogP contribution in [0.4, 0.5) is 13.6 Å². The first kappa shape index (κ1) is 25.4. The Balaban J connectivity index is 1.55. The normalized spacial score (nSPS) is 24.4. The van der Waals surface area contributed by atoms with Gasteiger partial charge in [0.05, 0.1) is 30.3 Å². The molecule has 7 nitrogen and oxygen atoms in total. The maximum Gasteiger partial charge on any atom is 0.410 e. The van der Waals surface area contributed by atoms with E-state index < -0.39 is 45.4 Å². The van der Waals surface area contributed by atoms with Crippen molar-refractivity contribution in [1.82, 2.24) is 9.21 Å². The van der Waals surface area contributed by atoms with Crippen molar-refractivity contribution in [2.45, 2.75) is 54.7 Å². The van der Waals surface area contributed by atoms with Gasteiger partial charge in [-0.05, 0) is 68.0 Å². The minimum Gasteiger partial charge on any atom is -0.441 e. The molecule has 0 N–H and O–H groups in total. The molecule has 1 amide bonds. The van der Waals surface area contributed by atoms with E-state index in [1.807, 2.05) is 0 Å². The molecule has 3 aliphatic rings. The molecular formula is C25H27ClF2N2O5S. The molecule has 2 aliphatic heterocycles. The van der Waals surface area contributed by atoms with Crippen molar-refractivity contribution in [3.05, 3.63) is 64.7 Å². The van der Waals surface area contributed by atoms with E-state index in [4.69, 9.17) is 21.1 Å². The SMILES string of the molecule is O=C(OC1([C@H]2CCC[C@@H](c3cccc(F)c3)N2S(=O)(=O)c2ccc(F)cc2Cl)CC1)N1CCOCC1. The van der Waals surface area contributed by atoms with Gasteiger partial charge in [-0.3, -0.25) is 0 Å². The predicted molar refractivity (Wildman–Crippen MR) is 128 cm³/mol. The van der Waals surface area contributed by atoms with Crippen LogP contribution in [0.15, 0.2) is 47.4 Å². The summed E-state index contributed by atoms with van der Waals surface area (Å²) >= 11 is 6.21. The summed E-state index contributed by atoms with van der Waals surface area (Å²) in [5.41, 5.74) is -0.502. The van der Waals surface area contributed by atoms with Crippen LogP contribution in [0.3, 0.4) is 0 Å². The summed E-state index contributed by atoms with van der Waals surface area (Å²) in [6, 6.07) is 7.59. The largest absolute Gasteiger partial charge is 0.441 e. The van der Waals surface area contributed by atoms with Gasteiger partial charge in [0.1, 0.15) is 22.1 Å². The van der Waals surface area contributed by atoms with E-state index in [0.717, 1.165) is 18.2 Å². The average Bonchev–Trinajstić information content (AvgIpc) is 3.64. The Morgan fingerprint density at radius 2 is 1.78 bits per heavy atom. The van der Waals surface area contributed by atoms with Crippen LogP contribution < -0.4 is 0 Å². The number of halogens is 3. The number of carbonyl (C=O) groups is 1. The monoisotopic (exact) mass is 540 g/mol.